The minimum Gasteiger partial charge on any atom is -0.478 e. The Balaban J connectivity index is 3.47. The number of nitrogens with zero attached hydrogens (tertiary/aromatic N) is 1. The first-order valence-corrected chi connectivity index (χ1v) is 13.9. The molecule has 0 heterocycles. The SMILES string of the molecule is CC(=C[C@H](C(C)C)N(C)C(=O)[C@@H](NC(=O)[C@H](C(C)(C)c1ccccc1)S(C)(=O)=O)C(C)(C)C)C(=O)O. The van der Waals surface area contributed by atoms with E-state index in [0.29, 0.717) is 5.56 Å². The van der Waals surface area contributed by atoms with E-state index in [9.17, 15) is 27.9 Å². The van der Waals surface area contributed by atoms with Crippen LogP contribution in [0, 0.1) is 11.3 Å². The third-order valence-electron chi connectivity index (χ3n) is 6.48. The maximum Gasteiger partial charge on any atom is 0.331 e. The monoisotopic (exact) mass is 522 g/mol. The fraction of sp³-hybridized carbons (Fsp3) is 0.593. The van der Waals surface area contributed by atoms with Crippen LogP contribution in [-0.4, -0.2) is 66.8 Å². The molecule has 1 rings (SSSR count). The minimum atomic E-state index is -3.87. The Bertz CT molecular complexity index is 1090. The van der Waals surface area contributed by atoms with Crippen LogP contribution in [0.5, 0.6) is 0 Å². The summed E-state index contributed by atoms with van der Waals surface area (Å²) >= 11 is 0. The molecule has 0 saturated heterocycles. The predicted molar refractivity (Wildman–Crippen MR) is 142 cm³/mol. The zero-order valence-corrected chi connectivity index (χ0v) is 23.9. The number of hydrogen-bond acceptors (Lipinski definition) is 5. The number of carbonyl (C=O) groups is 3. The van der Waals surface area contributed by atoms with Gasteiger partial charge in [-0.15, -0.1) is 0 Å². The summed E-state index contributed by atoms with van der Waals surface area (Å²) < 4.78 is 25.8. The van der Waals surface area contributed by atoms with Crippen LogP contribution in [0.25, 0.3) is 0 Å². The second-order valence-electron chi connectivity index (χ2n) is 11.4. The molecule has 0 aliphatic rings. The van der Waals surface area contributed by atoms with Gasteiger partial charge in [0.2, 0.25) is 11.8 Å². The Labute approximate surface area is 216 Å². The maximum absolute atomic E-state index is 13.7. The Morgan fingerprint density at radius 2 is 1.53 bits per heavy atom. The van der Waals surface area contributed by atoms with E-state index in [0.717, 1.165) is 6.26 Å². The van der Waals surface area contributed by atoms with Crippen molar-refractivity contribution < 1.29 is 27.9 Å². The number of nitrogens with one attached hydrogen (secondary N) is 1. The van der Waals surface area contributed by atoms with E-state index in [1.54, 1.807) is 65.9 Å². The van der Waals surface area contributed by atoms with E-state index < -0.39 is 55.8 Å². The van der Waals surface area contributed by atoms with Crippen molar-refractivity contribution in [3.8, 4) is 0 Å². The van der Waals surface area contributed by atoms with E-state index in [-0.39, 0.29) is 11.5 Å². The first-order valence-electron chi connectivity index (χ1n) is 12.0. The number of carboxylic acids is 1. The third kappa shape index (κ3) is 7.66. The summed E-state index contributed by atoms with van der Waals surface area (Å²) in [7, 11) is -2.31. The fourth-order valence-electron chi connectivity index (χ4n) is 4.37. The Morgan fingerprint density at radius 3 is 1.92 bits per heavy atom. The molecule has 0 saturated carbocycles. The molecule has 8 nitrogen and oxygen atoms in total. The summed E-state index contributed by atoms with van der Waals surface area (Å²) in [5, 5.41) is 10.6. The first kappa shape index (κ1) is 31.4. The molecule has 36 heavy (non-hydrogen) atoms. The van der Waals surface area contributed by atoms with Crippen molar-refractivity contribution in [2.45, 2.75) is 78.1 Å². The third-order valence-corrected chi connectivity index (χ3v) is 8.13. The van der Waals surface area contributed by atoms with Gasteiger partial charge in [-0.2, -0.15) is 0 Å². The standard InChI is InChI=1S/C27H42N2O6S/c1-17(2)20(16-18(3)25(32)33)29(9)24(31)21(26(4,5)6)28-23(30)22(36(10,34)35)27(7,8)19-14-12-11-13-15-19/h11-17,20-22H,1-10H3,(H,28,30)(H,32,33)/t20-,21-,22-/m1/s1. The summed E-state index contributed by atoms with van der Waals surface area (Å²) in [6, 6.07) is 7.33. The lowest BCUT2D eigenvalue weighted by molar-refractivity contribution is -0.140. The normalized spacial score (nSPS) is 15.7. The van der Waals surface area contributed by atoms with Gasteiger partial charge >= 0.3 is 5.97 Å². The number of hydrogen-bond donors (Lipinski definition) is 2. The van der Waals surface area contributed by atoms with Crippen molar-refractivity contribution >= 4 is 27.6 Å². The second kappa shape index (κ2) is 11.6. The van der Waals surface area contributed by atoms with Crippen molar-refractivity contribution in [1.82, 2.24) is 10.2 Å². The lowest BCUT2D eigenvalue weighted by Crippen LogP contribution is -2.60. The van der Waals surface area contributed by atoms with Crippen LogP contribution >= 0.6 is 0 Å². The van der Waals surface area contributed by atoms with E-state index in [2.05, 4.69) is 5.32 Å². The number of sulfone groups is 1. The predicted octanol–water partition coefficient (Wildman–Crippen LogP) is 3.42. The number of carbonyl (C=O) groups excluding carboxylic acids is 2. The summed E-state index contributed by atoms with van der Waals surface area (Å²) in [5.41, 5.74) is -1.04. The highest BCUT2D eigenvalue weighted by molar-refractivity contribution is 7.92. The van der Waals surface area contributed by atoms with Crippen LogP contribution in [0.4, 0.5) is 0 Å². The number of benzene rings is 1. The molecule has 1 aromatic carbocycles. The molecule has 0 aromatic heterocycles. The van der Waals surface area contributed by atoms with E-state index in [1.807, 2.05) is 19.9 Å². The van der Waals surface area contributed by atoms with Crippen molar-refractivity contribution in [2.24, 2.45) is 11.3 Å². The first-order chi connectivity index (χ1) is 16.2. The summed E-state index contributed by atoms with van der Waals surface area (Å²) in [5.74, 6) is -2.38. The van der Waals surface area contributed by atoms with Gasteiger partial charge in [-0.1, -0.05) is 84.9 Å². The molecule has 0 aliphatic carbocycles. The summed E-state index contributed by atoms with van der Waals surface area (Å²) in [6.07, 6.45) is 2.54. The quantitative estimate of drug-likeness (QED) is 0.454. The van der Waals surface area contributed by atoms with Crippen LogP contribution < -0.4 is 5.32 Å². The van der Waals surface area contributed by atoms with Gasteiger partial charge in [0.15, 0.2) is 9.84 Å². The molecule has 1 aromatic rings. The molecule has 0 fully saturated rings. The topological polar surface area (TPSA) is 121 Å². The summed E-state index contributed by atoms with van der Waals surface area (Å²) in [6.45, 7) is 13.9. The number of rotatable bonds is 10. The Morgan fingerprint density at radius 1 is 1.03 bits per heavy atom. The van der Waals surface area contributed by atoms with Crippen LogP contribution in [0.2, 0.25) is 0 Å². The molecule has 0 bridgehead atoms. The van der Waals surface area contributed by atoms with Gasteiger partial charge in [-0.3, -0.25) is 9.59 Å². The van der Waals surface area contributed by atoms with Gasteiger partial charge in [0.05, 0.1) is 6.04 Å². The van der Waals surface area contributed by atoms with Gasteiger partial charge in [0, 0.05) is 24.3 Å². The fourth-order valence-corrected chi connectivity index (χ4v) is 6.04. The zero-order chi connectivity index (χ0) is 28.2. The van der Waals surface area contributed by atoms with Gasteiger partial charge in [-0.05, 0) is 23.8 Å². The highest BCUT2D eigenvalue weighted by atomic mass is 32.2. The van der Waals surface area contributed by atoms with Crippen LogP contribution in [0.1, 0.15) is 61.0 Å². The average Bonchev–Trinajstić information content (AvgIpc) is 2.73. The van der Waals surface area contributed by atoms with Crippen LogP contribution in [-0.2, 0) is 29.6 Å². The van der Waals surface area contributed by atoms with Gasteiger partial charge in [0.25, 0.3) is 0 Å². The van der Waals surface area contributed by atoms with Gasteiger partial charge < -0.3 is 15.3 Å². The molecule has 2 amide bonds. The second-order valence-corrected chi connectivity index (χ2v) is 13.6. The molecule has 2 N–H and O–H groups in total. The maximum atomic E-state index is 13.7. The molecule has 3 atom stereocenters. The zero-order valence-electron chi connectivity index (χ0n) is 23.1. The molecule has 202 valence electrons. The Hall–Kier alpha value is -2.68. The van der Waals surface area contributed by atoms with Gasteiger partial charge in [-0.25, -0.2) is 13.2 Å². The molecule has 9 heteroatoms. The molecule has 0 radical (unpaired) electrons. The van der Waals surface area contributed by atoms with Crippen molar-refractivity contribution in [3.63, 3.8) is 0 Å². The average molecular weight is 523 g/mol. The molecule has 0 spiro atoms. The van der Waals surface area contributed by atoms with Gasteiger partial charge in [0.1, 0.15) is 11.3 Å². The van der Waals surface area contributed by atoms with Crippen LogP contribution in [0.3, 0.4) is 0 Å². The minimum absolute atomic E-state index is 0.103. The number of amides is 2. The lowest BCUT2D eigenvalue weighted by atomic mass is 9.80. The number of likely N-dealkylation sites (N-methyl/N-ethyl adjacent to an activating group) is 1. The number of carboxylic acid groups (broad SMARTS) is 1. The summed E-state index contributed by atoms with van der Waals surface area (Å²) in [4.78, 5) is 40.1. The highest BCUT2D eigenvalue weighted by Gasteiger charge is 2.46. The molecular formula is C27H42N2O6S. The van der Waals surface area contributed by atoms with E-state index in [1.165, 1.54) is 17.9 Å². The number of aliphatic carboxylic acids is 1. The molecule has 0 aliphatic heterocycles. The van der Waals surface area contributed by atoms with Crippen molar-refractivity contribution in [2.75, 3.05) is 13.3 Å². The molecule has 0 unspecified atom stereocenters. The highest BCUT2D eigenvalue weighted by Crippen LogP contribution is 2.32. The van der Waals surface area contributed by atoms with E-state index >= 15 is 0 Å². The van der Waals surface area contributed by atoms with Crippen molar-refractivity contribution in [3.05, 3.63) is 47.5 Å². The van der Waals surface area contributed by atoms with Crippen molar-refractivity contribution in [1.29, 1.82) is 0 Å². The van der Waals surface area contributed by atoms with E-state index in [4.69, 9.17) is 0 Å². The largest absolute Gasteiger partial charge is 0.478 e. The molecular weight excluding hydrogens is 480 g/mol. The lowest BCUT2D eigenvalue weighted by Gasteiger charge is -2.39. The van der Waals surface area contributed by atoms with Crippen LogP contribution in [0.15, 0.2) is 42.0 Å². The Kier molecular flexibility index (Phi) is 10.1. The smallest absolute Gasteiger partial charge is 0.331 e.